The predicted molar refractivity (Wildman–Crippen MR) is 140 cm³/mol. The van der Waals surface area contributed by atoms with Crippen LogP contribution in [0.15, 0.2) is 24.3 Å². The maximum atomic E-state index is 13.7. The fraction of sp³-hybridized carbons (Fsp3) is 0.655. The van der Waals surface area contributed by atoms with Crippen molar-refractivity contribution >= 4 is 23.5 Å². The molecular weight excluding hydrogens is 470 g/mol. The van der Waals surface area contributed by atoms with Crippen LogP contribution in [-0.2, 0) is 19.8 Å². The van der Waals surface area contributed by atoms with Gasteiger partial charge in [0.05, 0.1) is 12.6 Å². The van der Waals surface area contributed by atoms with Gasteiger partial charge in [-0.25, -0.2) is 0 Å². The number of amides is 3. The van der Waals surface area contributed by atoms with E-state index in [-0.39, 0.29) is 41.4 Å². The number of nitrogens with one attached hydrogen (secondary N) is 1. The molecule has 1 aliphatic carbocycles. The van der Waals surface area contributed by atoms with Gasteiger partial charge in [0.25, 0.3) is 11.8 Å². The van der Waals surface area contributed by atoms with Gasteiger partial charge < -0.3 is 20.2 Å². The van der Waals surface area contributed by atoms with Crippen LogP contribution in [0.1, 0.15) is 89.1 Å². The number of hydrogen-bond acceptors (Lipinski definition) is 5. The summed E-state index contributed by atoms with van der Waals surface area (Å²) in [5, 5.41) is 13.7. The first-order valence-electron chi connectivity index (χ1n) is 13.6. The molecule has 202 valence electrons. The summed E-state index contributed by atoms with van der Waals surface area (Å²) < 4.78 is 0. The van der Waals surface area contributed by atoms with Crippen LogP contribution in [0.3, 0.4) is 0 Å². The van der Waals surface area contributed by atoms with Gasteiger partial charge in [-0.2, -0.15) is 0 Å². The summed E-state index contributed by atoms with van der Waals surface area (Å²) in [6.07, 6.45) is 3.33. The minimum Gasteiger partial charge on any atom is -0.380 e. The number of ketones is 1. The molecule has 3 unspecified atom stereocenters. The Morgan fingerprint density at radius 3 is 2.27 bits per heavy atom. The fourth-order valence-electron chi connectivity index (χ4n) is 6.04. The SMILES string of the molecule is CC(C)CC(NC(=O)c1ccc(C(C)(C)C)cc1)C(=O)N1CCC2C1C(=O)CN2C(=O)C1(O)CCCC1. The van der Waals surface area contributed by atoms with Crippen molar-refractivity contribution in [2.24, 2.45) is 5.92 Å². The molecule has 2 N–H and O–H groups in total. The van der Waals surface area contributed by atoms with Crippen molar-refractivity contribution < 1.29 is 24.3 Å². The molecule has 3 aliphatic rings. The first-order valence-corrected chi connectivity index (χ1v) is 13.6. The van der Waals surface area contributed by atoms with E-state index in [1.165, 1.54) is 4.90 Å². The summed E-state index contributed by atoms with van der Waals surface area (Å²) in [6, 6.07) is 5.49. The molecule has 0 spiro atoms. The van der Waals surface area contributed by atoms with Gasteiger partial charge in [-0.3, -0.25) is 19.2 Å². The van der Waals surface area contributed by atoms with E-state index in [0.717, 1.165) is 18.4 Å². The molecule has 3 fully saturated rings. The van der Waals surface area contributed by atoms with E-state index < -0.39 is 23.7 Å². The molecule has 2 heterocycles. The van der Waals surface area contributed by atoms with Crippen LogP contribution in [0.5, 0.6) is 0 Å². The zero-order valence-corrected chi connectivity index (χ0v) is 22.8. The third-order valence-corrected chi connectivity index (χ3v) is 8.12. The Labute approximate surface area is 219 Å². The first kappa shape index (κ1) is 27.3. The number of likely N-dealkylation sites (tertiary alicyclic amines) is 2. The Morgan fingerprint density at radius 1 is 1.08 bits per heavy atom. The molecule has 2 aliphatic heterocycles. The largest absolute Gasteiger partial charge is 0.380 e. The Kier molecular flexibility index (Phi) is 7.52. The summed E-state index contributed by atoms with van der Waals surface area (Å²) in [5.41, 5.74) is 0.160. The first-order chi connectivity index (χ1) is 17.3. The van der Waals surface area contributed by atoms with Crippen LogP contribution in [0.4, 0.5) is 0 Å². The van der Waals surface area contributed by atoms with Crippen LogP contribution in [0.2, 0.25) is 0 Å². The van der Waals surface area contributed by atoms with Crippen molar-refractivity contribution in [3.63, 3.8) is 0 Å². The van der Waals surface area contributed by atoms with Gasteiger partial charge in [-0.1, -0.05) is 46.8 Å². The molecule has 37 heavy (non-hydrogen) atoms. The van der Waals surface area contributed by atoms with Crippen LogP contribution in [0.25, 0.3) is 0 Å². The molecule has 0 aromatic heterocycles. The molecule has 3 atom stereocenters. The van der Waals surface area contributed by atoms with Crippen molar-refractivity contribution in [2.45, 2.75) is 102 Å². The second-order valence-electron chi connectivity index (χ2n) is 12.5. The van der Waals surface area contributed by atoms with E-state index in [9.17, 15) is 24.3 Å². The van der Waals surface area contributed by atoms with E-state index in [1.54, 1.807) is 17.0 Å². The summed E-state index contributed by atoms with van der Waals surface area (Å²) in [4.78, 5) is 56.1. The number of benzene rings is 1. The number of nitrogens with zero attached hydrogens (tertiary/aromatic N) is 2. The molecule has 4 rings (SSSR count). The second kappa shape index (κ2) is 10.2. The molecule has 3 amide bonds. The molecule has 8 heteroatoms. The third kappa shape index (κ3) is 5.44. The highest BCUT2D eigenvalue weighted by atomic mass is 16.3. The minimum atomic E-state index is -1.40. The molecule has 1 aromatic rings. The summed E-state index contributed by atoms with van der Waals surface area (Å²) in [6.45, 7) is 10.6. The van der Waals surface area contributed by atoms with E-state index in [0.29, 0.717) is 37.8 Å². The van der Waals surface area contributed by atoms with Gasteiger partial charge in [-0.05, 0) is 67.6 Å². The van der Waals surface area contributed by atoms with Gasteiger partial charge in [0.1, 0.15) is 17.7 Å². The zero-order valence-electron chi connectivity index (χ0n) is 22.8. The lowest BCUT2D eigenvalue weighted by molar-refractivity contribution is -0.152. The van der Waals surface area contributed by atoms with E-state index >= 15 is 0 Å². The average molecular weight is 512 g/mol. The Morgan fingerprint density at radius 2 is 1.70 bits per heavy atom. The molecule has 1 aromatic carbocycles. The highest BCUT2D eigenvalue weighted by Crippen LogP contribution is 2.37. The monoisotopic (exact) mass is 511 g/mol. The highest BCUT2D eigenvalue weighted by Gasteiger charge is 2.55. The maximum Gasteiger partial charge on any atom is 0.255 e. The van der Waals surface area contributed by atoms with Crippen LogP contribution in [0, 0.1) is 5.92 Å². The Bertz CT molecular complexity index is 1050. The number of fused-ring (bicyclic) bond motifs is 1. The molecule has 0 radical (unpaired) electrons. The molecule has 8 nitrogen and oxygen atoms in total. The van der Waals surface area contributed by atoms with Crippen LogP contribution >= 0.6 is 0 Å². The Hall–Kier alpha value is -2.74. The Balaban J connectivity index is 1.49. The van der Waals surface area contributed by atoms with Crippen LogP contribution in [-0.4, -0.2) is 75.2 Å². The number of carbonyl (C=O) groups excluding carboxylic acids is 4. The highest BCUT2D eigenvalue weighted by molar-refractivity contribution is 6.01. The minimum absolute atomic E-state index is 0.0338. The lowest BCUT2D eigenvalue weighted by Crippen LogP contribution is -2.53. The van der Waals surface area contributed by atoms with Crippen molar-refractivity contribution in [1.82, 2.24) is 15.1 Å². The number of rotatable bonds is 6. The number of Topliss-reactive ketones (excluding diaryl/α,β-unsaturated/α-hetero) is 1. The lowest BCUT2D eigenvalue weighted by Gasteiger charge is -2.31. The van der Waals surface area contributed by atoms with Gasteiger partial charge in [0.15, 0.2) is 5.78 Å². The van der Waals surface area contributed by atoms with Gasteiger partial charge >= 0.3 is 0 Å². The number of aliphatic hydroxyl groups is 1. The average Bonchev–Trinajstić information content (AvgIpc) is 3.54. The number of hydrogen-bond donors (Lipinski definition) is 2. The smallest absolute Gasteiger partial charge is 0.255 e. The molecule has 2 saturated heterocycles. The van der Waals surface area contributed by atoms with Crippen molar-refractivity contribution in [1.29, 1.82) is 0 Å². The van der Waals surface area contributed by atoms with E-state index in [2.05, 4.69) is 26.1 Å². The summed E-state index contributed by atoms with van der Waals surface area (Å²) in [7, 11) is 0. The van der Waals surface area contributed by atoms with Gasteiger partial charge in [0, 0.05) is 12.1 Å². The summed E-state index contributed by atoms with van der Waals surface area (Å²) in [5.74, 6) is -1.04. The number of carbonyl (C=O) groups is 4. The zero-order chi connectivity index (χ0) is 27.1. The van der Waals surface area contributed by atoms with Gasteiger partial charge in [0.2, 0.25) is 5.91 Å². The quantitative estimate of drug-likeness (QED) is 0.611. The molecule has 1 saturated carbocycles. The van der Waals surface area contributed by atoms with E-state index in [4.69, 9.17) is 0 Å². The maximum absolute atomic E-state index is 13.7. The lowest BCUT2D eigenvalue weighted by atomic mass is 9.86. The van der Waals surface area contributed by atoms with Crippen molar-refractivity contribution in [3.05, 3.63) is 35.4 Å². The topological polar surface area (TPSA) is 107 Å². The fourth-order valence-corrected chi connectivity index (χ4v) is 6.04. The van der Waals surface area contributed by atoms with Crippen molar-refractivity contribution in [3.8, 4) is 0 Å². The normalized spacial score (nSPS) is 23.9. The molecule has 0 bridgehead atoms. The predicted octanol–water partition coefficient (Wildman–Crippen LogP) is 2.81. The van der Waals surface area contributed by atoms with Crippen LogP contribution < -0.4 is 5.32 Å². The third-order valence-electron chi connectivity index (χ3n) is 8.12. The van der Waals surface area contributed by atoms with E-state index in [1.807, 2.05) is 26.0 Å². The standard InChI is InChI=1S/C29H41N3O5/c1-18(2)16-21(30-25(34)19-8-10-20(11-9-19)28(3,4)5)26(35)31-15-12-22-24(31)23(33)17-32(22)27(36)29(37)13-6-7-14-29/h8-11,18,21-22,24,37H,6-7,12-17H2,1-5H3,(H,30,34). The summed E-state index contributed by atoms with van der Waals surface area (Å²) >= 11 is 0. The molecular formula is C29H41N3O5. The van der Waals surface area contributed by atoms with Crippen molar-refractivity contribution in [2.75, 3.05) is 13.1 Å². The van der Waals surface area contributed by atoms with Gasteiger partial charge in [-0.15, -0.1) is 0 Å². The second-order valence-corrected chi connectivity index (χ2v) is 12.5.